The summed E-state index contributed by atoms with van der Waals surface area (Å²) < 4.78 is 1.95. The molecule has 0 saturated carbocycles. The molecule has 2 heterocycles. The number of aryl methyl sites for hydroxylation is 1. The predicted octanol–water partition coefficient (Wildman–Crippen LogP) is 2.45. The lowest BCUT2D eigenvalue weighted by Gasteiger charge is -2.02. The highest BCUT2D eigenvalue weighted by molar-refractivity contribution is 7.15. The van der Waals surface area contributed by atoms with Crippen LogP contribution in [0, 0.1) is 6.92 Å². The lowest BCUT2D eigenvalue weighted by molar-refractivity contribution is -0.136. The molecule has 0 spiro atoms. The van der Waals surface area contributed by atoms with Crippen molar-refractivity contribution in [2.24, 2.45) is 0 Å². The number of carboxylic acid groups (broad SMARTS) is 1. The van der Waals surface area contributed by atoms with Crippen LogP contribution in [0.3, 0.4) is 0 Å². The van der Waals surface area contributed by atoms with E-state index in [4.69, 9.17) is 5.11 Å². The molecule has 2 rings (SSSR count). The number of thiazole rings is 1. The third-order valence-electron chi connectivity index (χ3n) is 2.58. The molecule has 0 amide bonds. The van der Waals surface area contributed by atoms with E-state index >= 15 is 0 Å². The zero-order valence-electron chi connectivity index (χ0n) is 9.52. The van der Waals surface area contributed by atoms with Crippen molar-refractivity contribution in [2.45, 2.75) is 33.1 Å². The number of carboxylic acids is 1. The van der Waals surface area contributed by atoms with Gasteiger partial charge < -0.3 is 5.11 Å². The first-order valence-electron chi connectivity index (χ1n) is 5.17. The van der Waals surface area contributed by atoms with E-state index in [9.17, 15) is 4.79 Å². The highest BCUT2D eigenvalue weighted by Gasteiger charge is 2.16. The van der Waals surface area contributed by atoms with Crippen molar-refractivity contribution >= 4 is 22.3 Å². The van der Waals surface area contributed by atoms with Gasteiger partial charge in [-0.2, -0.15) is 0 Å². The molecule has 2 aromatic heterocycles. The van der Waals surface area contributed by atoms with Crippen LogP contribution in [-0.4, -0.2) is 20.5 Å². The molecule has 0 aliphatic carbocycles. The molecule has 2 aromatic rings. The van der Waals surface area contributed by atoms with Gasteiger partial charge in [0.15, 0.2) is 4.96 Å². The van der Waals surface area contributed by atoms with E-state index in [0.29, 0.717) is 5.92 Å². The summed E-state index contributed by atoms with van der Waals surface area (Å²) in [5, 5.41) is 10.7. The van der Waals surface area contributed by atoms with Gasteiger partial charge in [-0.1, -0.05) is 13.8 Å². The highest BCUT2D eigenvalue weighted by atomic mass is 32.1. The molecular formula is C11H14N2O2S. The zero-order valence-corrected chi connectivity index (χ0v) is 10.3. The van der Waals surface area contributed by atoms with Gasteiger partial charge in [-0.3, -0.25) is 9.20 Å². The lowest BCUT2D eigenvalue weighted by atomic mass is 10.1. The van der Waals surface area contributed by atoms with Gasteiger partial charge in [0.05, 0.1) is 12.1 Å². The molecule has 0 fully saturated rings. The Labute approximate surface area is 97.6 Å². The highest BCUT2D eigenvalue weighted by Crippen LogP contribution is 2.25. The monoisotopic (exact) mass is 238 g/mol. The summed E-state index contributed by atoms with van der Waals surface area (Å²) in [6.45, 7) is 6.18. The van der Waals surface area contributed by atoms with Gasteiger partial charge in [0.2, 0.25) is 0 Å². The molecule has 0 aliphatic heterocycles. The van der Waals surface area contributed by atoms with Crippen LogP contribution in [-0.2, 0) is 11.2 Å². The normalized spacial score (nSPS) is 11.5. The second kappa shape index (κ2) is 3.90. The van der Waals surface area contributed by atoms with Crippen LogP contribution in [0.1, 0.15) is 36.8 Å². The zero-order chi connectivity index (χ0) is 11.9. The number of hydrogen-bond donors (Lipinski definition) is 1. The van der Waals surface area contributed by atoms with E-state index in [1.807, 2.05) is 16.7 Å². The minimum atomic E-state index is -0.807. The Morgan fingerprint density at radius 1 is 1.62 bits per heavy atom. The SMILES string of the molecule is Cc1c(C(C)C)nc2scc(CC(=O)O)n12. The van der Waals surface area contributed by atoms with Crippen LogP contribution in [0.25, 0.3) is 4.96 Å². The third kappa shape index (κ3) is 1.71. The van der Waals surface area contributed by atoms with Gasteiger partial charge >= 0.3 is 5.97 Å². The van der Waals surface area contributed by atoms with Crippen LogP contribution in [0.4, 0.5) is 0 Å². The minimum Gasteiger partial charge on any atom is -0.481 e. The third-order valence-corrected chi connectivity index (χ3v) is 3.45. The fraction of sp³-hybridized carbons (Fsp3) is 0.455. The summed E-state index contributed by atoms with van der Waals surface area (Å²) in [4.78, 5) is 16.1. The fourth-order valence-electron chi connectivity index (χ4n) is 1.91. The number of fused-ring (bicyclic) bond motifs is 1. The molecule has 86 valence electrons. The molecule has 0 saturated heterocycles. The first-order chi connectivity index (χ1) is 7.50. The Morgan fingerprint density at radius 3 is 2.88 bits per heavy atom. The minimum absolute atomic E-state index is 0.0503. The van der Waals surface area contributed by atoms with E-state index in [1.165, 1.54) is 11.3 Å². The van der Waals surface area contributed by atoms with Crippen molar-refractivity contribution in [3.05, 3.63) is 22.5 Å². The summed E-state index contributed by atoms with van der Waals surface area (Å²) in [6, 6.07) is 0. The Morgan fingerprint density at radius 2 is 2.31 bits per heavy atom. The van der Waals surface area contributed by atoms with Crippen LogP contribution in [0.15, 0.2) is 5.38 Å². The maximum atomic E-state index is 10.7. The molecule has 0 radical (unpaired) electrons. The predicted molar refractivity (Wildman–Crippen MR) is 63.2 cm³/mol. The Kier molecular flexibility index (Phi) is 2.71. The topological polar surface area (TPSA) is 54.6 Å². The van der Waals surface area contributed by atoms with Crippen molar-refractivity contribution < 1.29 is 9.90 Å². The standard InChI is InChI=1S/C11H14N2O2S/c1-6(2)10-7(3)13-8(4-9(14)15)5-16-11(13)12-10/h5-6H,4H2,1-3H3,(H,14,15). The van der Waals surface area contributed by atoms with Crippen molar-refractivity contribution in [3.63, 3.8) is 0 Å². The maximum absolute atomic E-state index is 10.7. The molecule has 1 N–H and O–H groups in total. The summed E-state index contributed by atoms with van der Waals surface area (Å²) in [5.41, 5.74) is 2.92. The van der Waals surface area contributed by atoms with Crippen molar-refractivity contribution in [2.75, 3.05) is 0 Å². The quantitative estimate of drug-likeness (QED) is 0.893. The second-order valence-corrected chi connectivity index (χ2v) is 4.99. The number of aromatic nitrogens is 2. The molecule has 0 bridgehead atoms. The van der Waals surface area contributed by atoms with Crippen LogP contribution in [0.5, 0.6) is 0 Å². The van der Waals surface area contributed by atoms with E-state index in [2.05, 4.69) is 18.8 Å². The molecule has 16 heavy (non-hydrogen) atoms. The number of nitrogens with zero attached hydrogens (tertiary/aromatic N) is 2. The van der Waals surface area contributed by atoms with E-state index < -0.39 is 5.97 Å². The van der Waals surface area contributed by atoms with Crippen LogP contribution >= 0.6 is 11.3 Å². The van der Waals surface area contributed by atoms with Gasteiger partial charge in [-0.05, 0) is 12.8 Å². The summed E-state index contributed by atoms with van der Waals surface area (Å²) in [6.07, 6.45) is 0.0503. The average Bonchev–Trinajstić information content (AvgIpc) is 2.68. The molecule has 0 atom stereocenters. The van der Waals surface area contributed by atoms with Crippen molar-refractivity contribution in [1.29, 1.82) is 0 Å². The number of aliphatic carboxylic acids is 1. The molecule has 0 aromatic carbocycles. The first-order valence-corrected chi connectivity index (χ1v) is 6.05. The Bertz CT molecular complexity index is 539. The average molecular weight is 238 g/mol. The molecule has 4 nitrogen and oxygen atoms in total. The van der Waals surface area contributed by atoms with Crippen molar-refractivity contribution in [3.8, 4) is 0 Å². The van der Waals surface area contributed by atoms with Gasteiger partial charge in [0.1, 0.15) is 0 Å². The summed E-state index contributed by atoms with van der Waals surface area (Å²) in [7, 11) is 0. The molecule has 0 unspecified atom stereocenters. The van der Waals surface area contributed by atoms with E-state index in [1.54, 1.807) is 0 Å². The molecular weight excluding hydrogens is 224 g/mol. The maximum Gasteiger partial charge on any atom is 0.309 e. The van der Waals surface area contributed by atoms with Gasteiger partial charge in [-0.25, -0.2) is 4.98 Å². The van der Waals surface area contributed by atoms with Gasteiger partial charge in [0.25, 0.3) is 0 Å². The largest absolute Gasteiger partial charge is 0.481 e. The van der Waals surface area contributed by atoms with Crippen LogP contribution in [0.2, 0.25) is 0 Å². The summed E-state index contributed by atoms with van der Waals surface area (Å²) in [5.74, 6) is -0.441. The molecule has 0 aliphatic rings. The van der Waals surface area contributed by atoms with Gasteiger partial charge in [-0.15, -0.1) is 11.3 Å². The Hall–Kier alpha value is -1.36. The number of carbonyl (C=O) groups is 1. The van der Waals surface area contributed by atoms with Crippen LogP contribution < -0.4 is 0 Å². The first kappa shape index (κ1) is 11.1. The number of rotatable bonds is 3. The number of imidazole rings is 1. The fourth-order valence-corrected chi connectivity index (χ4v) is 2.85. The second-order valence-electron chi connectivity index (χ2n) is 4.15. The van der Waals surface area contributed by atoms with E-state index in [-0.39, 0.29) is 6.42 Å². The molecule has 5 heteroatoms. The lowest BCUT2D eigenvalue weighted by Crippen LogP contribution is -2.04. The number of hydrogen-bond acceptors (Lipinski definition) is 3. The Balaban J connectivity index is 2.57. The smallest absolute Gasteiger partial charge is 0.309 e. The van der Waals surface area contributed by atoms with E-state index in [0.717, 1.165) is 22.0 Å². The van der Waals surface area contributed by atoms with Gasteiger partial charge in [0, 0.05) is 16.8 Å². The van der Waals surface area contributed by atoms with Crippen molar-refractivity contribution in [1.82, 2.24) is 9.38 Å². The summed E-state index contributed by atoms with van der Waals surface area (Å²) >= 11 is 1.50.